The Morgan fingerprint density at radius 3 is 2.53 bits per heavy atom. The Balaban J connectivity index is 1.27. The first kappa shape index (κ1) is 21.3. The number of rotatable bonds is 3. The molecule has 2 saturated heterocycles. The second-order valence-corrected chi connectivity index (χ2v) is 9.43. The molecule has 0 spiro atoms. The maximum atomic E-state index is 13.3. The first-order valence-corrected chi connectivity index (χ1v) is 11.7. The first-order chi connectivity index (χ1) is 15.5. The molecule has 6 nitrogen and oxygen atoms in total. The standard InChI is InChI=1S/C24H24Cl2N4O2/c25-17-11-16(12-18(26)13-17)23(31)30-8-2-4-21(30)24(32)29-9-5-15(6-10-29)20-14-28-22-19(20)3-1-7-27-22/h1,3,7,11-15,21H,2,4-6,8-10H2,(H,27,28). The van der Waals surface area contributed by atoms with Crippen molar-refractivity contribution in [1.82, 2.24) is 19.8 Å². The molecule has 8 heteroatoms. The Hall–Kier alpha value is -2.57. The highest BCUT2D eigenvalue weighted by Crippen LogP contribution is 2.33. The van der Waals surface area contributed by atoms with Crippen molar-refractivity contribution in [3.63, 3.8) is 0 Å². The number of amides is 2. The molecule has 1 atom stereocenters. The van der Waals surface area contributed by atoms with E-state index in [0.29, 0.717) is 47.6 Å². The number of hydrogen-bond acceptors (Lipinski definition) is 3. The SMILES string of the molecule is O=C(C1CCCN1C(=O)c1cc(Cl)cc(Cl)c1)N1CCC(c2c[nH]c3ncccc23)CC1. The third-order valence-electron chi connectivity index (χ3n) is 6.64. The van der Waals surface area contributed by atoms with E-state index in [4.69, 9.17) is 23.2 Å². The molecule has 0 bridgehead atoms. The smallest absolute Gasteiger partial charge is 0.254 e. The number of likely N-dealkylation sites (tertiary alicyclic amines) is 2. The van der Waals surface area contributed by atoms with E-state index < -0.39 is 6.04 Å². The molecule has 4 heterocycles. The average molecular weight is 471 g/mol. The highest BCUT2D eigenvalue weighted by atomic mass is 35.5. The quantitative estimate of drug-likeness (QED) is 0.592. The van der Waals surface area contributed by atoms with Gasteiger partial charge in [-0.2, -0.15) is 0 Å². The molecule has 1 aromatic carbocycles. The Bertz CT molecular complexity index is 1150. The minimum Gasteiger partial charge on any atom is -0.346 e. The lowest BCUT2D eigenvalue weighted by Gasteiger charge is -2.35. The van der Waals surface area contributed by atoms with Gasteiger partial charge < -0.3 is 14.8 Å². The van der Waals surface area contributed by atoms with Crippen LogP contribution in [0.25, 0.3) is 11.0 Å². The largest absolute Gasteiger partial charge is 0.346 e. The van der Waals surface area contributed by atoms with Crippen molar-refractivity contribution in [3.05, 3.63) is 63.9 Å². The van der Waals surface area contributed by atoms with Crippen LogP contribution < -0.4 is 0 Å². The summed E-state index contributed by atoms with van der Waals surface area (Å²) in [5.41, 5.74) is 2.60. The third kappa shape index (κ3) is 3.97. The Labute approximate surface area is 196 Å². The van der Waals surface area contributed by atoms with Crippen LogP contribution in [0.1, 0.15) is 47.5 Å². The predicted molar refractivity (Wildman–Crippen MR) is 125 cm³/mol. The maximum absolute atomic E-state index is 13.3. The van der Waals surface area contributed by atoms with Crippen LogP contribution in [0.4, 0.5) is 0 Å². The van der Waals surface area contributed by atoms with E-state index >= 15 is 0 Å². The molecule has 1 unspecified atom stereocenters. The van der Waals surface area contributed by atoms with E-state index in [-0.39, 0.29) is 11.8 Å². The molecule has 1 N–H and O–H groups in total. The molecule has 2 aromatic heterocycles. The van der Waals surface area contributed by atoms with Crippen LogP contribution in [-0.4, -0.2) is 57.3 Å². The molecular formula is C24H24Cl2N4O2. The van der Waals surface area contributed by atoms with E-state index in [9.17, 15) is 9.59 Å². The number of benzene rings is 1. The summed E-state index contributed by atoms with van der Waals surface area (Å²) >= 11 is 12.2. The van der Waals surface area contributed by atoms with Crippen LogP contribution in [0.15, 0.2) is 42.7 Å². The van der Waals surface area contributed by atoms with Gasteiger partial charge in [-0.05, 0) is 67.5 Å². The normalized spacial score (nSPS) is 19.6. The van der Waals surface area contributed by atoms with E-state index in [1.807, 2.05) is 17.2 Å². The molecule has 2 aliphatic rings. The van der Waals surface area contributed by atoms with Crippen LogP contribution in [0, 0.1) is 0 Å². The lowest BCUT2D eigenvalue weighted by atomic mass is 9.89. The lowest BCUT2D eigenvalue weighted by molar-refractivity contribution is -0.136. The van der Waals surface area contributed by atoms with Crippen molar-refractivity contribution in [2.24, 2.45) is 0 Å². The van der Waals surface area contributed by atoms with Gasteiger partial charge in [-0.15, -0.1) is 0 Å². The maximum Gasteiger partial charge on any atom is 0.254 e. The summed E-state index contributed by atoms with van der Waals surface area (Å²) in [7, 11) is 0. The van der Waals surface area contributed by atoms with Gasteiger partial charge in [-0.25, -0.2) is 4.98 Å². The van der Waals surface area contributed by atoms with Gasteiger partial charge in [0.2, 0.25) is 5.91 Å². The number of H-pyrrole nitrogens is 1. The molecule has 2 amide bonds. The number of piperidine rings is 1. The number of aromatic amines is 1. The van der Waals surface area contributed by atoms with Gasteiger partial charge in [0.25, 0.3) is 5.91 Å². The monoisotopic (exact) mass is 470 g/mol. The van der Waals surface area contributed by atoms with Crippen molar-refractivity contribution in [2.75, 3.05) is 19.6 Å². The number of pyridine rings is 1. The van der Waals surface area contributed by atoms with Crippen molar-refractivity contribution >= 4 is 46.0 Å². The minimum absolute atomic E-state index is 0.0445. The van der Waals surface area contributed by atoms with Crippen LogP contribution in [0.3, 0.4) is 0 Å². The Kier molecular flexibility index (Phi) is 5.82. The zero-order valence-electron chi connectivity index (χ0n) is 17.6. The molecule has 5 rings (SSSR count). The van der Waals surface area contributed by atoms with Crippen LogP contribution in [-0.2, 0) is 4.79 Å². The molecule has 32 heavy (non-hydrogen) atoms. The molecule has 2 aliphatic heterocycles. The topological polar surface area (TPSA) is 69.3 Å². The van der Waals surface area contributed by atoms with Crippen molar-refractivity contribution in [2.45, 2.75) is 37.6 Å². The van der Waals surface area contributed by atoms with Gasteiger partial charge in [0.1, 0.15) is 11.7 Å². The van der Waals surface area contributed by atoms with Crippen molar-refractivity contribution in [1.29, 1.82) is 0 Å². The summed E-state index contributed by atoms with van der Waals surface area (Å²) in [5.74, 6) is 0.251. The zero-order chi connectivity index (χ0) is 22.2. The molecule has 0 saturated carbocycles. The van der Waals surface area contributed by atoms with Crippen molar-refractivity contribution < 1.29 is 9.59 Å². The fraction of sp³-hybridized carbons (Fsp3) is 0.375. The summed E-state index contributed by atoms with van der Waals surface area (Å²) < 4.78 is 0. The molecule has 2 fully saturated rings. The second-order valence-electron chi connectivity index (χ2n) is 8.56. The summed E-state index contributed by atoms with van der Waals surface area (Å²) in [6.07, 6.45) is 7.14. The van der Waals surface area contributed by atoms with Crippen LogP contribution in [0.2, 0.25) is 10.0 Å². The van der Waals surface area contributed by atoms with Crippen molar-refractivity contribution in [3.8, 4) is 0 Å². The number of nitrogens with zero attached hydrogens (tertiary/aromatic N) is 3. The van der Waals surface area contributed by atoms with E-state index in [2.05, 4.69) is 16.0 Å². The van der Waals surface area contributed by atoms with E-state index in [1.165, 1.54) is 5.56 Å². The Morgan fingerprint density at radius 1 is 1.03 bits per heavy atom. The fourth-order valence-electron chi connectivity index (χ4n) is 5.05. The number of halogens is 2. The molecule has 0 radical (unpaired) electrons. The van der Waals surface area contributed by atoms with Gasteiger partial charge in [0.15, 0.2) is 0 Å². The molecule has 166 valence electrons. The van der Waals surface area contributed by atoms with E-state index in [0.717, 1.165) is 30.3 Å². The van der Waals surface area contributed by atoms with Gasteiger partial charge in [0, 0.05) is 53.0 Å². The highest BCUT2D eigenvalue weighted by molar-refractivity contribution is 6.35. The summed E-state index contributed by atoms with van der Waals surface area (Å²) in [6, 6.07) is 8.44. The first-order valence-electron chi connectivity index (χ1n) is 11.0. The van der Waals surface area contributed by atoms with Crippen LogP contribution in [0.5, 0.6) is 0 Å². The lowest BCUT2D eigenvalue weighted by Crippen LogP contribution is -2.49. The van der Waals surface area contributed by atoms with E-state index in [1.54, 1.807) is 29.3 Å². The number of aromatic nitrogens is 2. The summed E-state index contributed by atoms with van der Waals surface area (Å²) in [6.45, 7) is 1.95. The fourth-order valence-corrected chi connectivity index (χ4v) is 5.57. The second kappa shape index (κ2) is 8.75. The number of carbonyl (C=O) groups excluding carboxylic acids is 2. The van der Waals surface area contributed by atoms with Gasteiger partial charge in [0.05, 0.1) is 0 Å². The van der Waals surface area contributed by atoms with Gasteiger partial charge in [-0.3, -0.25) is 9.59 Å². The van der Waals surface area contributed by atoms with Gasteiger partial charge in [-0.1, -0.05) is 23.2 Å². The number of nitrogens with one attached hydrogen (secondary N) is 1. The minimum atomic E-state index is -0.422. The summed E-state index contributed by atoms with van der Waals surface area (Å²) in [5, 5.41) is 1.99. The highest BCUT2D eigenvalue weighted by Gasteiger charge is 2.38. The predicted octanol–water partition coefficient (Wildman–Crippen LogP) is 4.88. The molecular weight excluding hydrogens is 447 g/mol. The number of hydrogen-bond donors (Lipinski definition) is 1. The molecule has 3 aromatic rings. The summed E-state index contributed by atoms with van der Waals surface area (Å²) in [4.78, 5) is 37.7. The third-order valence-corrected chi connectivity index (χ3v) is 7.07. The van der Waals surface area contributed by atoms with Crippen LogP contribution >= 0.6 is 23.2 Å². The number of carbonyl (C=O) groups is 2. The molecule has 0 aliphatic carbocycles. The number of fused-ring (bicyclic) bond motifs is 1. The zero-order valence-corrected chi connectivity index (χ0v) is 19.1. The van der Waals surface area contributed by atoms with Gasteiger partial charge >= 0.3 is 0 Å². The average Bonchev–Trinajstić information content (AvgIpc) is 3.45. The Morgan fingerprint density at radius 2 is 1.78 bits per heavy atom.